The van der Waals surface area contributed by atoms with Crippen molar-refractivity contribution in [3.8, 4) is 0 Å². The molecule has 1 aliphatic carbocycles. The second-order valence-corrected chi connectivity index (χ2v) is 3.33. The minimum atomic E-state index is 0.404. The maximum Gasteiger partial charge on any atom is 0.0704 e. The molecule has 0 amide bonds. The van der Waals surface area contributed by atoms with Gasteiger partial charge in [-0.1, -0.05) is 12.2 Å². The van der Waals surface area contributed by atoms with Gasteiger partial charge in [-0.25, -0.2) is 0 Å². The zero-order chi connectivity index (χ0) is 8.81. The fraction of sp³-hybridized carbons (Fsp3) is 0.800. The monoisotopic (exact) mass is 170 g/mol. The molecule has 0 radical (unpaired) electrons. The van der Waals surface area contributed by atoms with E-state index in [1.165, 1.54) is 24.8 Å². The summed E-state index contributed by atoms with van der Waals surface area (Å²) in [7, 11) is 1.70. The molecule has 1 fully saturated rings. The summed E-state index contributed by atoms with van der Waals surface area (Å²) in [6.07, 6.45) is 5.05. The molecule has 0 bridgehead atoms. The molecular formula is C10H18O2. The van der Waals surface area contributed by atoms with Crippen molar-refractivity contribution < 1.29 is 9.47 Å². The highest BCUT2D eigenvalue weighted by Crippen LogP contribution is 2.23. The van der Waals surface area contributed by atoms with Gasteiger partial charge in [-0.3, -0.25) is 0 Å². The number of hydrogen-bond donors (Lipinski definition) is 0. The molecule has 2 nitrogen and oxygen atoms in total. The van der Waals surface area contributed by atoms with Crippen LogP contribution in [0.1, 0.15) is 25.7 Å². The van der Waals surface area contributed by atoms with Crippen molar-refractivity contribution >= 4 is 0 Å². The fourth-order valence-electron chi connectivity index (χ4n) is 1.55. The molecule has 2 heteroatoms. The largest absolute Gasteiger partial charge is 0.382 e. The molecule has 12 heavy (non-hydrogen) atoms. The SMILES string of the molecule is C=C1CCCC(OCCOC)C1. The molecule has 0 aromatic rings. The van der Waals surface area contributed by atoms with E-state index < -0.39 is 0 Å². The zero-order valence-corrected chi connectivity index (χ0v) is 7.84. The number of hydrogen-bond acceptors (Lipinski definition) is 2. The van der Waals surface area contributed by atoms with Crippen molar-refractivity contribution in [3.63, 3.8) is 0 Å². The zero-order valence-electron chi connectivity index (χ0n) is 7.84. The van der Waals surface area contributed by atoms with Crippen LogP contribution in [0, 0.1) is 0 Å². The maximum absolute atomic E-state index is 5.61. The minimum absolute atomic E-state index is 0.404. The maximum atomic E-state index is 5.61. The molecule has 1 unspecified atom stereocenters. The third-order valence-corrected chi connectivity index (χ3v) is 2.21. The summed E-state index contributed by atoms with van der Waals surface area (Å²) >= 11 is 0. The first-order valence-corrected chi connectivity index (χ1v) is 4.60. The van der Waals surface area contributed by atoms with Crippen LogP contribution in [-0.4, -0.2) is 26.4 Å². The van der Waals surface area contributed by atoms with E-state index in [-0.39, 0.29) is 0 Å². The van der Waals surface area contributed by atoms with E-state index in [1.807, 2.05) is 0 Å². The van der Waals surface area contributed by atoms with Crippen LogP contribution in [0.5, 0.6) is 0 Å². The van der Waals surface area contributed by atoms with E-state index in [0.717, 1.165) is 6.42 Å². The van der Waals surface area contributed by atoms with Gasteiger partial charge in [0.05, 0.1) is 19.3 Å². The van der Waals surface area contributed by atoms with Crippen molar-refractivity contribution in [2.45, 2.75) is 31.8 Å². The lowest BCUT2D eigenvalue weighted by molar-refractivity contribution is 0.00791. The van der Waals surface area contributed by atoms with Crippen molar-refractivity contribution in [2.24, 2.45) is 0 Å². The van der Waals surface area contributed by atoms with Crippen LogP contribution in [-0.2, 0) is 9.47 Å². The molecule has 70 valence electrons. The minimum Gasteiger partial charge on any atom is -0.382 e. The summed E-state index contributed by atoms with van der Waals surface area (Å²) in [4.78, 5) is 0. The second-order valence-electron chi connectivity index (χ2n) is 3.33. The third kappa shape index (κ3) is 3.37. The number of ether oxygens (including phenoxy) is 2. The van der Waals surface area contributed by atoms with Gasteiger partial charge < -0.3 is 9.47 Å². The van der Waals surface area contributed by atoms with Crippen molar-refractivity contribution in [3.05, 3.63) is 12.2 Å². The Kier molecular flexibility index (Phi) is 4.33. The first kappa shape index (κ1) is 9.75. The van der Waals surface area contributed by atoms with Crippen molar-refractivity contribution in [1.82, 2.24) is 0 Å². The van der Waals surface area contributed by atoms with Crippen LogP contribution in [0.15, 0.2) is 12.2 Å². The quantitative estimate of drug-likeness (QED) is 0.475. The van der Waals surface area contributed by atoms with E-state index in [9.17, 15) is 0 Å². The van der Waals surface area contributed by atoms with Gasteiger partial charge in [-0.05, 0) is 25.7 Å². The van der Waals surface area contributed by atoms with Gasteiger partial charge in [-0.15, -0.1) is 0 Å². The number of methoxy groups -OCH3 is 1. The topological polar surface area (TPSA) is 18.5 Å². The summed E-state index contributed by atoms with van der Waals surface area (Å²) in [6.45, 7) is 5.40. The van der Waals surface area contributed by atoms with Gasteiger partial charge in [0.2, 0.25) is 0 Å². The Bertz CT molecular complexity index is 143. The van der Waals surface area contributed by atoms with Gasteiger partial charge in [-0.2, -0.15) is 0 Å². The highest BCUT2D eigenvalue weighted by atomic mass is 16.5. The third-order valence-electron chi connectivity index (χ3n) is 2.21. The summed E-state index contributed by atoms with van der Waals surface area (Å²) < 4.78 is 10.5. The van der Waals surface area contributed by atoms with E-state index in [1.54, 1.807) is 7.11 Å². The molecule has 0 aliphatic heterocycles. The molecule has 0 N–H and O–H groups in total. The van der Waals surface area contributed by atoms with E-state index in [4.69, 9.17) is 9.47 Å². The molecule has 0 aromatic heterocycles. The Morgan fingerprint density at radius 3 is 3.00 bits per heavy atom. The standard InChI is InChI=1S/C10H18O2/c1-9-4-3-5-10(8-9)12-7-6-11-2/h10H,1,3-8H2,2H3. The van der Waals surface area contributed by atoms with Crippen LogP contribution >= 0.6 is 0 Å². The molecule has 1 atom stereocenters. The smallest absolute Gasteiger partial charge is 0.0704 e. The highest BCUT2D eigenvalue weighted by Gasteiger charge is 2.15. The summed E-state index contributed by atoms with van der Waals surface area (Å²) in [5, 5.41) is 0. The Morgan fingerprint density at radius 2 is 2.33 bits per heavy atom. The Morgan fingerprint density at radius 1 is 1.50 bits per heavy atom. The molecule has 0 saturated heterocycles. The average Bonchev–Trinajstić information content (AvgIpc) is 2.05. The summed E-state index contributed by atoms with van der Waals surface area (Å²) in [6, 6.07) is 0. The second kappa shape index (κ2) is 5.33. The van der Waals surface area contributed by atoms with E-state index in [2.05, 4.69) is 6.58 Å². The average molecular weight is 170 g/mol. The molecule has 1 rings (SSSR count). The van der Waals surface area contributed by atoms with Gasteiger partial charge in [0, 0.05) is 7.11 Å². The Hall–Kier alpha value is -0.340. The Labute approximate surface area is 74.6 Å². The molecule has 0 heterocycles. The molecule has 0 aromatic carbocycles. The van der Waals surface area contributed by atoms with Gasteiger partial charge in [0.25, 0.3) is 0 Å². The van der Waals surface area contributed by atoms with Crippen LogP contribution in [0.4, 0.5) is 0 Å². The van der Waals surface area contributed by atoms with Crippen LogP contribution in [0.25, 0.3) is 0 Å². The fourth-order valence-corrected chi connectivity index (χ4v) is 1.55. The first-order valence-electron chi connectivity index (χ1n) is 4.60. The van der Waals surface area contributed by atoms with Crippen molar-refractivity contribution in [1.29, 1.82) is 0 Å². The lowest BCUT2D eigenvalue weighted by Gasteiger charge is -2.23. The molecular weight excluding hydrogens is 152 g/mol. The van der Waals surface area contributed by atoms with Crippen molar-refractivity contribution in [2.75, 3.05) is 20.3 Å². The summed E-state index contributed by atoms with van der Waals surface area (Å²) in [5.41, 5.74) is 1.34. The predicted molar refractivity (Wildman–Crippen MR) is 49.2 cm³/mol. The lowest BCUT2D eigenvalue weighted by Crippen LogP contribution is -2.19. The molecule has 1 saturated carbocycles. The molecule has 1 aliphatic rings. The van der Waals surface area contributed by atoms with Gasteiger partial charge in [0.15, 0.2) is 0 Å². The first-order chi connectivity index (χ1) is 5.83. The Balaban J connectivity index is 2.10. The normalized spacial score (nSPS) is 24.4. The van der Waals surface area contributed by atoms with Crippen LogP contribution in [0.3, 0.4) is 0 Å². The number of rotatable bonds is 4. The predicted octanol–water partition coefficient (Wildman–Crippen LogP) is 2.15. The highest BCUT2D eigenvalue weighted by molar-refractivity contribution is 4.99. The summed E-state index contributed by atoms with van der Waals surface area (Å²) in [5.74, 6) is 0. The van der Waals surface area contributed by atoms with E-state index in [0.29, 0.717) is 19.3 Å². The van der Waals surface area contributed by atoms with Gasteiger partial charge in [0.1, 0.15) is 0 Å². The van der Waals surface area contributed by atoms with Crippen LogP contribution < -0.4 is 0 Å². The molecule has 0 spiro atoms. The lowest BCUT2D eigenvalue weighted by atomic mass is 9.94. The van der Waals surface area contributed by atoms with E-state index >= 15 is 0 Å². The van der Waals surface area contributed by atoms with Crippen LogP contribution in [0.2, 0.25) is 0 Å². The van der Waals surface area contributed by atoms with Gasteiger partial charge >= 0.3 is 0 Å².